The van der Waals surface area contributed by atoms with Crippen LogP contribution in [0.1, 0.15) is 41.9 Å². The largest absolute Gasteiger partial charge is 0.461 e. The van der Waals surface area contributed by atoms with Crippen molar-refractivity contribution in [1.82, 2.24) is 19.2 Å². The molecule has 194 valence electrons. The van der Waals surface area contributed by atoms with Crippen LogP contribution in [0.3, 0.4) is 0 Å². The summed E-state index contributed by atoms with van der Waals surface area (Å²) in [5.41, 5.74) is 5.63. The van der Waals surface area contributed by atoms with Gasteiger partial charge in [-0.3, -0.25) is 4.40 Å². The first kappa shape index (κ1) is 25.4. The Kier molecular flexibility index (Phi) is 7.00. The minimum absolute atomic E-state index is 0.288. The lowest BCUT2D eigenvalue weighted by Gasteiger charge is -2.16. The van der Waals surface area contributed by atoms with E-state index in [1.807, 2.05) is 23.0 Å². The fourth-order valence-electron chi connectivity index (χ4n) is 4.45. The highest BCUT2D eigenvalue weighted by atomic mass is 28.3. The molecule has 37 heavy (non-hydrogen) atoms. The summed E-state index contributed by atoms with van der Waals surface area (Å²) in [6.45, 7) is 10.1. The minimum atomic E-state index is -1.21. The first-order chi connectivity index (χ1) is 17.7. The number of fused-ring (bicyclic) bond motifs is 1. The third-order valence-corrected chi connectivity index (χ3v) is 8.27. The Morgan fingerprint density at radius 1 is 1.11 bits per heavy atom. The Hall–Kier alpha value is -3.30. The van der Waals surface area contributed by atoms with E-state index in [0.29, 0.717) is 30.6 Å². The molecule has 9 heteroatoms. The van der Waals surface area contributed by atoms with Gasteiger partial charge in [-0.2, -0.15) is 5.10 Å². The van der Waals surface area contributed by atoms with Crippen LogP contribution in [0.25, 0.3) is 28.0 Å². The van der Waals surface area contributed by atoms with Gasteiger partial charge in [0.05, 0.1) is 18.5 Å². The van der Waals surface area contributed by atoms with E-state index in [-0.39, 0.29) is 12.4 Å². The predicted molar refractivity (Wildman–Crippen MR) is 144 cm³/mol. The molecule has 0 aliphatic heterocycles. The second kappa shape index (κ2) is 10.2. The first-order valence-corrected chi connectivity index (χ1v) is 16.5. The molecule has 1 aliphatic carbocycles. The van der Waals surface area contributed by atoms with Gasteiger partial charge in [0.25, 0.3) is 0 Å². The Labute approximate surface area is 217 Å². The summed E-state index contributed by atoms with van der Waals surface area (Å²) in [5.74, 6) is -0.333. The van der Waals surface area contributed by atoms with E-state index in [1.165, 1.54) is 18.3 Å². The highest BCUT2D eigenvalue weighted by Crippen LogP contribution is 2.47. The third-order valence-electron chi connectivity index (χ3n) is 6.56. The molecule has 3 heterocycles. The number of benzene rings is 1. The summed E-state index contributed by atoms with van der Waals surface area (Å²) in [4.78, 5) is 16.9. The van der Waals surface area contributed by atoms with Crippen molar-refractivity contribution in [1.29, 1.82) is 0 Å². The van der Waals surface area contributed by atoms with Crippen LogP contribution in [0.4, 0.5) is 4.39 Å². The summed E-state index contributed by atoms with van der Waals surface area (Å²) < 4.78 is 28.9. The van der Waals surface area contributed by atoms with Gasteiger partial charge in [-0.1, -0.05) is 19.6 Å². The molecular weight excluding hydrogens is 487 g/mol. The molecule has 0 bridgehead atoms. The van der Waals surface area contributed by atoms with Crippen molar-refractivity contribution < 1.29 is 18.7 Å². The van der Waals surface area contributed by atoms with Crippen LogP contribution >= 0.6 is 0 Å². The quantitative estimate of drug-likeness (QED) is 0.138. The van der Waals surface area contributed by atoms with Crippen LogP contribution in [-0.4, -0.2) is 46.4 Å². The Morgan fingerprint density at radius 3 is 2.51 bits per heavy atom. The molecule has 7 nitrogen and oxygen atoms in total. The number of esters is 1. The van der Waals surface area contributed by atoms with Crippen LogP contribution in [0.5, 0.6) is 0 Å². The third kappa shape index (κ3) is 5.52. The van der Waals surface area contributed by atoms with Gasteiger partial charge >= 0.3 is 5.97 Å². The van der Waals surface area contributed by atoms with Crippen molar-refractivity contribution in [3.05, 3.63) is 66.0 Å². The molecule has 1 saturated carbocycles. The number of imidazole rings is 1. The number of nitrogens with zero attached hydrogens (tertiary/aromatic N) is 4. The van der Waals surface area contributed by atoms with Crippen molar-refractivity contribution in [3.63, 3.8) is 0 Å². The van der Waals surface area contributed by atoms with Gasteiger partial charge in [-0.15, -0.1) is 0 Å². The Balaban J connectivity index is 1.61. The smallest absolute Gasteiger partial charge is 0.356 e. The average Bonchev–Trinajstić information content (AvgIpc) is 3.49. The minimum Gasteiger partial charge on any atom is -0.461 e. The predicted octanol–water partition coefficient (Wildman–Crippen LogP) is 6.37. The van der Waals surface area contributed by atoms with E-state index in [0.717, 1.165) is 47.0 Å². The first-order valence-electron chi connectivity index (χ1n) is 12.8. The normalized spacial score (nSPS) is 13.9. The maximum absolute atomic E-state index is 13.8. The van der Waals surface area contributed by atoms with E-state index < -0.39 is 14.0 Å². The molecule has 1 fully saturated rings. The van der Waals surface area contributed by atoms with Gasteiger partial charge in [0.15, 0.2) is 5.69 Å². The van der Waals surface area contributed by atoms with Crippen LogP contribution < -0.4 is 0 Å². The molecule has 1 aliphatic rings. The van der Waals surface area contributed by atoms with E-state index >= 15 is 0 Å². The Bertz CT molecular complexity index is 1420. The van der Waals surface area contributed by atoms with Crippen molar-refractivity contribution in [2.75, 3.05) is 13.2 Å². The summed E-state index contributed by atoms with van der Waals surface area (Å²) in [5, 5.41) is 5.00. The molecule has 3 aromatic heterocycles. The van der Waals surface area contributed by atoms with Gasteiger partial charge in [-0.05, 0) is 62.2 Å². The molecule has 5 rings (SSSR count). The molecule has 0 amide bonds. The lowest BCUT2D eigenvalue weighted by Crippen LogP contribution is -2.22. The van der Waals surface area contributed by atoms with E-state index in [2.05, 4.69) is 24.6 Å². The zero-order chi connectivity index (χ0) is 26.2. The molecule has 0 spiro atoms. The molecular formula is C28H33FN4O3Si. The van der Waals surface area contributed by atoms with E-state index in [9.17, 15) is 9.18 Å². The number of carbonyl (C=O) groups is 1. The van der Waals surface area contributed by atoms with Crippen molar-refractivity contribution in [2.24, 2.45) is 0 Å². The number of carbonyl (C=O) groups excluding carboxylic acids is 1. The van der Waals surface area contributed by atoms with Gasteiger partial charge < -0.3 is 9.47 Å². The van der Waals surface area contributed by atoms with Gasteiger partial charge in [-0.25, -0.2) is 18.9 Å². The topological polar surface area (TPSA) is 70.6 Å². The molecule has 0 atom stereocenters. The van der Waals surface area contributed by atoms with Gasteiger partial charge in [0.2, 0.25) is 0 Å². The highest BCUT2D eigenvalue weighted by molar-refractivity contribution is 6.76. The van der Waals surface area contributed by atoms with Crippen molar-refractivity contribution >= 4 is 19.7 Å². The second-order valence-corrected chi connectivity index (χ2v) is 16.4. The highest BCUT2D eigenvalue weighted by Gasteiger charge is 2.34. The molecule has 0 N–H and O–H groups in total. The monoisotopic (exact) mass is 520 g/mol. The average molecular weight is 521 g/mol. The number of ether oxygens (including phenoxy) is 2. The van der Waals surface area contributed by atoms with E-state index in [1.54, 1.807) is 23.5 Å². The molecule has 1 aromatic carbocycles. The molecule has 0 unspecified atom stereocenters. The van der Waals surface area contributed by atoms with Crippen LogP contribution in [0, 0.1) is 5.82 Å². The Morgan fingerprint density at radius 2 is 1.84 bits per heavy atom. The number of rotatable bonds is 10. The molecule has 4 aromatic rings. The summed E-state index contributed by atoms with van der Waals surface area (Å²) in [7, 11) is -1.21. The maximum atomic E-state index is 13.8. The van der Waals surface area contributed by atoms with Gasteiger partial charge in [0.1, 0.15) is 23.9 Å². The maximum Gasteiger partial charge on any atom is 0.356 e. The molecule has 0 radical (unpaired) electrons. The standard InChI is InChI=1S/C28H33FN4O3Si/c1-5-36-28(34)23-16-30-24-13-10-21(17-32(23)24)25-26(19-8-11-22(29)12-9-19)31-33(27(25)20-6-7-20)18-35-14-15-37(2,3)4/h8-13,16-17,20H,5-7,14-15,18H2,1-4H3. The second-order valence-electron chi connectivity index (χ2n) is 10.7. The number of hydrogen-bond donors (Lipinski definition) is 0. The number of hydrogen-bond acceptors (Lipinski definition) is 5. The van der Waals surface area contributed by atoms with Crippen molar-refractivity contribution in [2.45, 2.75) is 58.1 Å². The van der Waals surface area contributed by atoms with Crippen molar-refractivity contribution in [3.8, 4) is 22.4 Å². The lowest BCUT2D eigenvalue weighted by atomic mass is 9.98. The number of pyridine rings is 1. The fraction of sp³-hybridized carbons (Fsp3) is 0.393. The van der Waals surface area contributed by atoms with E-state index in [4.69, 9.17) is 14.6 Å². The van der Waals surface area contributed by atoms with Gasteiger partial charge in [0, 0.05) is 43.5 Å². The van der Waals surface area contributed by atoms with Crippen LogP contribution in [0.15, 0.2) is 48.8 Å². The zero-order valence-electron chi connectivity index (χ0n) is 21.8. The van der Waals surface area contributed by atoms with Crippen LogP contribution in [-0.2, 0) is 16.2 Å². The molecule has 0 saturated heterocycles. The SMILES string of the molecule is CCOC(=O)c1cnc2ccc(-c3c(-c4ccc(F)cc4)nn(COCC[Si](C)(C)C)c3C3CC3)cn12. The summed E-state index contributed by atoms with van der Waals surface area (Å²) in [6.07, 6.45) is 5.62. The van der Waals surface area contributed by atoms with Crippen LogP contribution in [0.2, 0.25) is 25.7 Å². The summed E-state index contributed by atoms with van der Waals surface area (Å²) >= 11 is 0. The lowest BCUT2D eigenvalue weighted by molar-refractivity contribution is 0.0518. The number of halogens is 1. The zero-order valence-corrected chi connectivity index (χ0v) is 22.8. The summed E-state index contributed by atoms with van der Waals surface area (Å²) in [6, 6.07) is 11.4. The fourth-order valence-corrected chi connectivity index (χ4v) is 5.21. The number of aromatic nitrogens is 4.